The van der Waals surface area contributed by atoms with Crippen molar-refractivity contribution in [2.75, 3.05) is 16.8 Å². The zero-order valence-electron chi connectivity index (χ0n) is 16.7. The number of ether oxygens (including phenoxy) is 1. The molecule has 0 unspecified atom stereocenters. The average molecular weight is 416 g/mol. The summed E-state index contributed by atoms with van der Waals surface area (Å²) in [6, 6.07) is 10.1. The molecule has 2 amide bonds. The van der Waals surface area contributed by atoms with Gasteiger partial charge in [0.15, 0.2) is 6.10 Å². The van der Waals surface area contributed by atoms with Crippen molar-refractivity contribution in [1.29, 1.82) is 0 Å². The Morgan fingerprint density at radius 1 is 1.20 bits per heavy atom. The second-order valence-electron chi connectivity index (χ2n) is 7.12. The first-order valence-corrected chi connectivity index (χ1v) is 9.64. The number of hydrogen-bond acceptors (Lipinski definition) is 4. The summed E-state index contributed by atoms with van der Waals surface area (Å²) in [4.78, 5) is 38.5. The predicted octanol–water partition coefficient (Wildman–Crippen LogP) is 3.45. The Balaban J connectivity index is 1.59. The molecule has 0 aliphatic carbocycles. The topological polar surface area (TPSA) is 75.7 Å². The molecule has 1 aliphatic heterocycles. The highest BCUT2D eigenvalue weighted by Gasteiger charge is 2.37. The molecule has 0 radical (unpaired) electrons. The summed E-state index contributed by atoms with van der Waals surface area (Å²) in [5, 5.41) is 2.19. The molecule has 1 N–H and O–H groups in total. The maximum absolute atomic E-state index is 13.7. The van der Waals surface area contributed by atoms with Gasteiger partial charge in [-0.3, -0.25) is 14.4 Å². The summed E-state index contributed by atoms with van der Waals surface area (Å²) >= 11 is 0. The number of aryl methyl sites for hydroxylation is 1. The number of esters is 1. The Kier molecular flexibility index (Phi) is 6.44. The summed E-state index contributed by atoms with van der Waals surface area (Å²) < 4.78 is 32.1. The quantitative estimate of drug-likeness (QED) is 0.732. The second kappa shape index (κ2) is 9.02. The van der Waals surface area contributed by atoms with Gasteiger partial charge in [-0.05, 0) is 43.2 Å². The zero-order valence-corrected chi connectivity index (χ0v) is 16.7. The van der Waals surface area contributed by atoms with Crippen molar-refractivity contribution in [2.24, 2.45) is 5.92 Å². The maximum atomic E-state index is 13.7. The van der Waals surface area contributed by atoms with Gasteiger partial charge in [-0.1, -0.05) is 19.1 Å². The third-order valence-corrected chi connectivity index (χ3v) is 4.96. The van der Waals surface area contributed by atoms with Gasteiger partial charge in [-0.25, -0.2) is 8.78 Å². The SMILES string of the molecule is CCc1ccc(N2C[C@@H](C(=O)O[C@H](C)C(=O)Nc3cc(F)ccc3F)CC2=O)cc1. The number of carbonyl (C=O) groups is 3. The van der Waals surface area contributed by atoms with Gasteiger partial charge >= 0.3 is 5.97 Å². The fourth-order valence-corrected chi connectivity index (χ4v) is 3.18. The van der Waals surface area contributed by atoms with Gasteiger partial charge in [0.05, 0.1) is 11.6 Å². The standard InChI is InChI=1S/C22H22F2N2O4/c1-3-14-4-7-17(8-5-14)26-12-15(10-20(26)27)22(29)30-13(2)21(28)25-19-11-16(23)6-9-18(19)24/h4-9,11,13,15H,3,10,12H2,1-2H3,(H,25,28)/t13-,15+/m1/s1. The van der Waals surface area contributed by atoms with Crippen LogP contribution in [0.4, 0.5) is 20.2 Å². The molecule has 1 saturated heterocycles. The molecule has 2 aromatic rings. The van der Waals surface area contributed by atoms with E-state index in [1.165, 1.54) is 11.8 Å². The van der Waals surface area contributed by atoms with Crippen LogP contribution in [0.25, 0.3) is 0 Å². The fraction of sp³-hybridized carbons (Fsp3) is 0.318. The highest BCUT2D eigenvalue weighted by molar-refractivity contribution is 6.00. The van der Waals surface area contributed by atoms with E-state index in [2.05, 4.69) is 5.32 Å². The molecular formula is C22H22F2N2O4. The molecule has 3 rings (SSSR count). The first-order valence-electron chi connectivity index (χ1n) is 9.64. The Hall–Kier alpha value is -3.29. The van der Waals surface area contributed by atoms with Gasteiger partial charge in [-0.15, -0.1) is 0 Å². The highest BCUT2D eigenvalue weighted by atomic mass is 19.1. The van der Waals surface area contributed by atoms with Crippen molar-refractivity contribution in [1.82, 2.24) is 0 Å². The monoisotopic (exact) mass is 416 g/mol. The van der Waals surface area contributed by atoms with Gasteiger partial charge in [0.25, 0.3) is 5.91 Å². The number of hydrogen-bond donors (Lipinski definition) is 1. The van der Waals surface area contributed by atoms with Crippen molar-refractivity contribution < 1.29 is 27.9 Å². The van der Waals surface area contributed by atoms with Crippen molar-refractivity contribution in [2.45, 2.75) is 32.8 Å². The molecule has 2 aromatic carbocycles. The lowest BCUT2D eigenvalue weighted by molar-refractivity contribution is -0.157. The first-order chi connectivity index (χ1) is 14.3. The molecule has 6 nitrogen and oxygen atoms in total. The molecule has 8 heteroatoms. The lowest BCUT2D eigenvalue weighted by Crippen LogP contribution is -2.33. The van der Waals surface area contributed by atoms with E-state index < -0.39 is 35.5 Å². The van der Waals surface area contributed by atoms with Crippen LogP contribution in [0.2, 0.25) is 0 Å². The van der Waals surface area contributed by atoms with E-state index in [0.717, 1.165) is 30.2 Å². The van der Waals surface area contributed by atoms with Gasteiger partial charge < -0.3 is 15.0 Å². The van der Waals surface area contributed by atoms with Crippen LogP contribution in [-0.2, 0) is 25.5 Å². The van der Waals surface area contributed by atoms with Gasteiger partial charge in [0.2, 0.25) is 5.91 Å². The predicted molar refractivity (Wildman–Crippen MR) is 107 cm³/mol. The number of benzene rings is 2. The van der Waals surface area contributed by atoms with E-state index >= 15 is 0 Å². The van der Waals surface area contributed by atoms with E-state index in [0.29, 0.717) is 5.69 Å². The smallest absolute Gasteiger partial charge is 0.312 e. The minimum Gasteiger partial charge on any atom is -0.452 e. The van der Waals surface area contributed by atoms with E-state index in [9.17, 15) is 23.2 Å². The number of carbonyl (C=O) groups excluding carboxylic acids is 3. The second-order valence-corrected chi connectivity index (χ2v) is 7.12. The number of amides is 2. The van der Waals surface area contributed by atoms with E-state index in [4.69, 9.17) is 4.74 Å². The van der Waals surface area contributed by atoms with E-state index in [1.54, 1.807) is 0 Å². The normalized spacial score (nSPS) is 17.0. The molecule has 0 spiro atoms. The van der Waals surface area contributed by atoms with Gasteiger partial charge in [-0.2, -0.15) is 0 Å². The molecule has 1 aliphatic rings. The van der Waals surface area contributed by atoms with Crippen LogP contribution in [-0.4, -0.2) is 30.4 Å². The number of nitrogens with zero attached hydrogens (tertiary/aromatic N) is 1. The molecule has 30 heavy (non-hydrogen) atoms. The van der Waals surface area contributed by atoms with E-state index in [1.807, 2.05) is 31.2 Å². The maximum Gasteiger partial charge on any atom is 0.312 e. The molecule has 0 bridgehead atoms. The molecule has 0 saturated carbocycles. The van der Waals surface area contributed by atoms with Crippen LogP contribution in [0.3, 0.4) is 0 Å². The largest absolute Gasteiger partial charge is 0.452 e. The molecule has 1 fully saturated rings. The number of anilines is 2. The van der Waals surface area contributed by atoms with Crippen LogP contribution >= 0.6 is 0 Å². The fourth-order valence-electron chi connectivity index (χ4n) is 3.18. The van der Waals surface area contributed by atoms with Crippen LogP contribution in [0.1, 0.15) is 25.8 Å². The lowest BCUT2D eigenvalue weighted by atomic mass is 10.1. The Morgan fingerprint density at radius 3 is 2.57 bits per heavy atom. The lowest BCUT2D eigenvalue weighted by Gasteiger charge is -2.18. The van der Waals surface area contributed by atoms with Crippen LogP contribution in [0.15, 0.2) is 42.5 Å². The van der Waals surface area contributed by atoms with Crippen LogP contribution in [0, 0.1) is 17.6 Å². The van der Waals surface area contributed by atoms with Crippen molar-refractivity contribution in [3.8, 4) is 0 Å². The summed E-state index contributed by atoms with van der Waals surface area (Å²) in [6.07, 6.45) is -0.391. The van der Waals surface area contributed by atoms with Crippen LogP contribution < -0.4 is 10.2 Å². The Morgan fingerprint density at radius 2 is 1.90 bits per heavy atom. The van der Waals surface area contributed by atoms with E-state index in [-0.39, 0.29) is 24.6 Å². The molecular weight excluding hydrogens is 394 g/mol. The van der Waals surface area contributed by atoms with Crippen molar-refractivity contribution in [3.05, 3.63) is 59.7 Å². The van der Waals surface area contributed by atoms with Crippen molar-refractivity contribution >= 4 is 29.2 Å². The summed E-state index contributed by atoms with van der Waals surface area (Å²) in [5.74, 6) is -3.95. The molecule has 1 heterocycles. The number of rotatable bonds is 6. The summed E-state index contributed by atoms with van der Waals surface area (Å²) in [6.45, 7) is 3.50. The molecule has 0 aromatic heterocycles. The zero-order chi connectivity index (χ0) is 21.8. The molecule has 2 atom stereocenters. The Bertz CT molecular complexity index is 962. The molecule has 158 valence electrons. The highest BCUT2D eigenvalue weighted by Crippen LogP contribution is 2.26. The summed E-state index contributed by atoms with van der Waals surface area (Å²) in [5.41, 5.74) is 1.48. The summed E-state index contributed by atoms with van der Waals surface area (Å²) in [7, 11) is 0. The van der Waals surface area contributed by atoms with Crippen molar-refractivity contribution in [3.63, 3.8) is 0 Å². The third-order valence-electron chi connectivity index (χ3n) is 4.96. The Labute approximate surface area is 172 Å². The first kappa shape index (κ1) is 21.4. The minimum atomic E-state index is -1.24. The average Bonchev–Trinajstić information content (AvgIpc) is 3.12. The van der Waals surface area contributed by atoms with Gasteiger partial charge in [0, 0.05) is 24.7 Å². The number of nitrogens with one attached hydrogen (secondary N) is 1. The van der Waals surface area contributed by atoms with Crippen LogP contribution in [0.5, 0.6) is 0 Å². The van der Waals surface area contributed by atoms with Gasteiger partial charge in [0.1, 0.15) is 11.6 Å². The number of halogens is 2. The third kappa shape index (κ3) is 4.82. The minimum absolute atomic E-state index is 0.0266.